The third-order valence-electron chi connectivity index (χ3n) is 3.96. The molecule has 0 spiro atoms. The van der Waals surface area contributed by atoms with Crippen LogP contribution in [0.3, 0.4) is 0 Å². The van der Waals surface area contributed by atoms with Crippen molar-refractivity contribution >= 4 is 11.9 Å². The Morgan fingerprint density at radius 3 is 2.28 bits per heavy atom. The minimum Gasteiger partial charge on any atom is -0.372 e. The molecule has 2 aromatic carbocycles. The van der Waals surface area contributed by atoms with Crippen molar-refractivity contribution in [3.05, 3.63) is 71.3 Å². The first-order chi connectivity index (χ1) is 12.2. The summed E-state index contributed by atoms with van der Waals surface area (Å²) in [6.45, 7) is 1.87. The number of rotatable bonds is 7. The molecule has 0 radical (unpaired) electrons. The highest BCUT2D eigenvalue weighted by Crippen LogP contribution is 2.08. The van der Waals surface area contributed by atoms with Crippen LogP contribution in [0.15, 0.2) is 54.6 Å². The maximum atomic E-state index is 11.9. The molecule has 0 unspecified atom stereocenters. The van der Waals surface area contributed by atoms with E-state index in [-0.39, 0.29) is 11.9 Å². The molecule has 6 nitrogen and oxygen atoms in total. The van der Waals surface area contributed by atoms with E-state index in [9.17, 15) is 9.59 Å². The lowest BCUT2D eigenvalue weighted by Gasteiger charge is -2.10. The Morgan fingerprint density at radius 2 is 1.64 bits per heavy atom. The van der Waals surface area contributed by atoms with Crippen LogP contribution in [0.5, 0.6) is 0 Å². The van der Waals surface area contributed by atoms with Gasteiger partial charge in [-0.05, 0) is 16.7 Å². The fourth-order valence-electron chi connectivity index (χ4n) is 2.54. The standard InChI is InChI=1S/C19H21N3O3/c23-18(17-11-21-19(24)22-17)20-10-14-6-8-16(9-7-14)13-25-12-15-4-2-1-3-5-15/h1-9,17H,10-13H2,(H,20,23)(H2,21,22,24)/t17-/m1/s1. The third-order valence-corrected chi connectivity index (χ3v) is 3.96. The molecule has 0 aliphatic carbocycles. The lowest BCUT2D eigenvalue weighted by atomic mass is 10.1. The Kier molecular flexibility index (Phi) is 5.64. The van der Waals surface area contributed by atoms with Gasteiger partial charge in [-0.15, -0.1) is 0 Å². The van der Waals surface area contributed by atoms with E-state index in [0.29, 0.717) is 26.3 Å². The number of urea groups is 1. The summed E-state index contributed by atoms with van der Waals surface area (Å²) in [5.74, 6) is -0.186. The lowest BCUT2D eigenvalue weighted by Crippen LogP contribution is -2.42. The van der Waals surface area contributed by atoms with E-state index >= 15 is 0 Å². The molecule has 25 heavy (non-hydrogen) atoms. The molecule has 130 valence electrons. The summed E-state index contributed by atoms with van der Waals surface area (Å²) < 4.78 is 5.70. The van der Waals surface area contributed by atoms with Gasteiger partial charge >= 0.3 is 6.03 Å². The molecule has 0 aromatic heterocycles. The topological polar surface area (TPSA) is 79.5 Å². The summed E-state index contributed by atoms with van der Waals surface area (Å²) in [6, 6.07) is 17.2. The molecule has 6 heteroatoms. The van der Waals surface area contributed by atoms with Crippen LogP contribution < -0.4 is 16.0 Å². The number of ether oxygens (including phenoxy) is 1. The number of nitrogens with one attached hydrogen (secondary N) is 3. The molecule has 0 bridgehead atoms. The highest BCUT2D eigenvalue weighted by molar-refractivity contribution is 5.90. The monoisotopic (exact) mass is 339 g/mol. The number of carbonyl (C=O) groups excluding carboxylic acids is 2. The minimum atomic E-state index is -0.502. The first-order valence-electron chi connectivity index (χ1n) is 8.22. The van der Waals surface area contributed by atoms with Gasteiger partial charge < -0.3 is 20.7 Å². The minimum absolute atomic E-state index is 0.186. The molecule has 1 heterocycles. The van der Waals surface area contributed by atoms with Gasteiger partial charge in [-0.2, -0.15) is 0 Å². The molecule has 1 fully saturated rings. The van der Waals surface area contributed by atoms with Crippen LogP contribution in [0, 0.1) is 0 Å². The van der Waals surface area contributed by atoms with E-state index < -0.39 is 6.04 Å². The van der Waals surface area contributed by atoms with Crippen molar-refractivity contribution in [1.82, 2.24) is 16.0 Å². The molecule has 1 aliphatic heterocycles. The summed E-state index contributed by atoms with van der Waals surface area (Å²) in [5.41, 5.74) is 3.23. The summed E-state index contributed by atoms with van der Waals surface area (Å²) in [6.07, 6.45) is 0. The molecule has 2 aromatic rings. The highest BCUT2D eigenvalue weighted by atomic mass is 16.5. The summed E-state index contributed by atoms with van der Waals surface area (Å²) in [4.78, 5) is 23.0. The predicted molar refractivity (Wildman–Crippen MR) is 93.5 cm³/mol. The van der Waals surface area contributed by atoms with Crippen molar-refractivity contribution in [2.45, 2.75) is 25.8 Å². The van der Waals surface area contributed by atoms with Crippen LogP contribution in [0.4, 0.5) is 4.79 Å². The van der Waals surface area contributed by atoms with Crippen LogP contribution in [-0.4, -0.2) is 24.5 Å². The maximum absolute atomic E-state index is 11.9. The van der Waals surface area contributed by atoms with E-state index in [1.807, 2.05) is 54.6 Å². The molecule has 1 atom stereocenters. The number of amides is 3. The third kappa shape index (κ3) is 5.06. The SMILES string of the molecule is O=C1NC[C@H](C(=O)NCc2ccc(COCc3ccccc3)cc2)N1. The molecular formula is C19H21N3O3. The van der Waals surface area contributed by atoms with Gasteiger partial charge in [0.25, 0.3) is 0 Å². The van der Waals surface area contributed by atoms with Gasteiger partial charge in [0.15, 0.2) is 0 Å². The smallest absolute Gasteiger partial charge is 0.315 e. The van der Waals surface area contributed by atoms with Crippen LogP contribution in [0.25, 0.3) is 0 Å². The number of carbonyl (C=O) groups is 2. The van der Waals surface area contributed by atoms with E-state index in [0.717, 1.165) is 16.7 Å². The van der Waals surface area contributed by atoms with Gasteiger partial charge in [0.05, 0.1) is 13.2 Å². The summed E-state index contributed by atoms with van der Waals surface area (Å²) >= 11 is 0. The Balaban J connectivity index is 1.41. The average molecular weight is 339 g/mol. The highest BCUT2D eigenvalue weighted by Gasteiger charge is 2.26. The molecule has 1 saturated heterocycles. The second-order valence-electron chi connectivity index (χ2n) is 5.92. The van der Waals surface area contributed by atoms with E-state index in [4.69, 9.17) is 4.74 Å². The second kappa shape index (κ2) is 8.30. The summed E-state index contributed by atoms with van der Waals surface area (Å²) in [5, 5.41) is 7.94. The van der Waals surface area contributed by atoms with Gasteiger partial charge in [0.1, 0.15) is 6.04 Å². The van der Waals surface area contributed by atoms with Gasteiger partial charge in [0, 0.05) is 13.1 Å². The fourth-order valence-corrected chi connectivity index (χ4v) is 2.54. The predicted octanol–water partition coefficient (Wildman–Crippen LogP) is 1.70. The lowest BCUT2D eigenvalue weighted by molar-refractivity contribution is -0.122. The zero-order valence-electron chi connectivity index (χ0n) is 13.8. The Bertz CT molecular complexity index is 716. The van der Waals surface area contributed by atoms with Crippen LogP contribution in [0.1, 0.15) is 16.7 Å². The Labute approximate surface area is 146 Å². The van der Waals surface area contributed by atoms with Crippen molar-refractivity contribution in [3.8, 4) is 0 Å². The zero-order valence-corrected chi connectivity index (χ0v) is 13.8. The van der Waals surface area contributed by atoms with Gasteiger partial charge in [-0.3, -0.25) is 4.79 Å². The normalized spacial score (nSPS) is 16.2. The van der Waals surface area contributed by atoms with Gasteiger partial charge in [-0.1, -0.05) is 54.6 Å². The van der Waals surface area contributed by atoms with Crippen molar-refractivity contribution in [2.24, 2.45) is 0 Å². The Morgan fingerprint density at radius 1 is 1.00 bits per heavy atom. The second-order valence-corrected chi connectivity index (χ2v) is 5.92. The molecule has 0 saturated carbocycles. The first kappa shape index (κ1) is 17.0. The first-order valence-corrected chi connectivity index (χ1v) is 8.22. The molecule has 3 amide bonds. The molecular weight excluding hydrogens is 318 g/mol. The van der Waals surface area contributed by atoms with Crippen molar-refractivity contribution < 1.29 is 14.3 Å². The number of benzene rings is 2. The van der Waals surface area contributed by atoms with Gasteiger partial charge in [0.2, 0.25) is 5.91 Å². The van der Waals surface area contributed by atoms with Crippen LogP contribution in [0.2, 0.25) is 0 Å². The van der Waals surface area contributed by atoms with Crippen LogP contribution in [-0.2, 0) is 29.3 Å². The molecule has 3 N–H and O–H groups in total. The van der Waals surface area contributed by atoms with Gasteiger partial charge in [-0.25, -0.2) is 4.79 Å². The largest absolute Gasteiger partial charge is 0.372 e. The maximum Gasteiger partial charge on any atom is 0.315 e. The van der Waals surface area contributed by atoms with Crippen molar-refractivity contribution in [1.29, 1.82) is 0 Å². The fraction of sp³-hybridized carbons (Fsp3) is 0.263. The van der Waals surface area contributed by atoms with E-state index in [1.54, 1.807) is 0 Å². The quantitative estimate of drug-likeness (QED) is 0.718. The zero-order chi connectivity index (χ0) is 17.5. The van der Waals surface area contributed by atoms with E-state index in [1.165, 1.54) is 0 Å². The molecule has 1 aliphatic rings. The number of hydrogen-bond acceptors (Lipinski definition) is 3. The van der Waals surface area contributed by atoms with Crippen molar-refractivity contribution in [2.75, 3.05) is 6.54 Å². The molecule has 3 rings (SSSR count). The van der Waals surface area contributed by atoms with Crippen LogP contribution >= 0.6 is 0 Å². The average Bonchev–Trinajstić information content (AvgIpc) is 3.08. The number of hydrogen-bond donors (Lipinski definition) is 3. The summed E-state index contributed by atoms with van der Waals surface area (Å²) in [7, 11) is 0. The Hall–Kier alpha value is -2.86. The van der Waals surface area contributed by atoms with Crippen molar-refractivity contribution in [3.63, 3.8) is 0 Å². The van der Waals surface area contributed by atoms with E-state index in [2.05, 4.69) is 16.0 Å².